The average Bonchev–Trinajstić information content (AvgIpc) is 2.57. The van der Waals surface area contributed by atoms with Crippen LogP contribution in [-0.4, -0.2) is 19.1 Å². The van der Waals surface area contributed by atoms with Crippen molar-refractivity contribution in [2.24, 2.45) is 11.5 Å². The van der Waals surface area contributed by atoms with Gasteiger partial charge >= 0.3 is 0 Å². The molecule has 0 fully saturated rings. The monoisotopic (exact) mass is 298 g/mol. The molecule has 4 N–H and O–H groups in total. The molecule has 0 amide bonds. The number of carbonyl (C=O) groups is 1. The Morgan fingerprint density at radius 2 is 1.67 bits per heavy atom. The summed E-state index contributed by atoms with van der Waals surface area (Å²) >= 11 is 1.68. The van der Waals surface area contributed by atoms with Crippen LogP contribution >= 0.6 is 11.8 Å². The van der Waals surface area contributed by atoms with E-state index in [4.69, 9.17) is 5.73 Å². The van der Waals surface area contributed by atoms with Crippen molar-refractivity contribution in [3.63, 3.8) is 0 Å². The quantitative estimate of drug-likeness (QED) is 0.836. The van der Waals surface area contributed by atoms with Crippen molar-refractivity contribution >= 4 is 23.7 Å². The van der Waals surface area contributed by atoms with Crippen molar-refractivity contribution in [3.8, 4) is 11.1 Å². The van der Waals surface area contributed by atoms with Crippen LogP contribution in [-0.2, 0) is 4.79 Å². The molecule has 4 heteroatoms. The molecular weight excluding hydrogens is 280 g/mol. The Labute approximate surface area is 129 Å². The van der Waals surface area contributed by atoms with Gasteiger partial charge in [0.25, 0.3) is 0 Å². The van der Waals surface area contributed by atoms with E-state index < -0.39 is 0 Å². The SMILES string of the molecule is CN.NC1=C(C=O)CSc2c1cccc2-c1ccccc1. The van der Waals surface area contributed by atoms with Crippen molar-refractivity contribution in [2.45, 2.75) is 4.90 Å². The van der Waals surface area contributed by atoms with Crippen molar-refractivity contribution in [1.29, 1.82) is 0 Å². The van der Waals surface area contributed by atoms with Crippen LogP contribution in [0.15, 0.2) is 59.0 Å². The van der Waals surface area contributed by atoms with Gasteiger partial charge in [0.1, 0.15) is 6.29 Å². The third-order valence-electron chi connectivity index (χ3n) is 3.25. The first-order chi connectivity index (χ1) is 10.3. The van der Waals surface area contributed by atoms with Crippen LogP contribution in [0.1, 0.15) is 5.56 Å². The largest absolute Gasteiger partial charge is 0.398 e. The first-order valence-corrected chi connectivity index (χ1v) is 7.63. The van der Waals surface area contributed by atoms with Gasteiger partial charge in [0.15, 0.2) is 0 Å². The smallest absolute Gasteiger partial charge is 0.148 e. The first kappa shape index (κ1) is 15.4. The van der Waals surface area contributed by atoms with E-state index in [-0.39, 0.29) is 0 Å². The minimum atomic E-state index is 0.613. The van der Waals surface area contributed by atoms with Crippen LogP contribution in [0.3, 0.4) is 0 Å². The van der Waals surface area contributed by atoms with Crippen molar-refractivity contribution in [1.82, 2.24) is 0 Å². The Morgan fingerprint density at radius 1 is 1.00 bits per heavy atom. The Balaban J connectivity index is 0.000000774. The summed E-state index contributed by atoms with van der Waals surface area (Å²) in [6, 6.07) is 16.3. The third kappa shape index (κ3) is 3.01. The predicted molar refractivity (Wildman–Crippen MR) is 89.9 cm³/mol. The lowest BCUT2D eigenvalue weighted by atomic mass is 10.00. The number of nitrogens with two attached hydrogens (primary N) is 2. The highest BCUT2D eigenvalue weighted by Crippen LogP contribution is 2.40. The molecule has 2 aromatic rings. The molecule has 0 unspecified atom stereocenters. The van der Waals surface area contributed by atoms with Crippen molar-refractivity contribution < 1.29 is 4.79 Å². The number of fused-ring (bicyclic) bond motifs is 1. The highest BCUT2D eigenvalue weighted by atomic mass is 32.2. The van der Waals surface area contributed by atoms with Gasteiger partial charge in [0.05, 0.1) is 0 Å². The van der Waals surface area contributed by atoms with Crippen LogP contribution in [0, 0.1) is 0 Å². The summed E-state index contributed by atoms with van der Waals surface area (Å²) in [6.07, 6.45) is 0.862. The molecule has 0 saturated carbocycles. The molecular formula is C17H18N2OS. The van der Waals surface area contributed by atoms with E-state index in [9.17, 15) is 4.79 Å². The summed E-state index contributed by atoms with van der Waals surface area (Å²) in [5, 5.41) is 0. The van der Waals surface area contributed by atoms with Crippen LogP contribution < -0.4 is 11.5 Å². The molecule has 0 saturated heterocycles. The number of rotatable bonds is 2. The number of hydrogen-bond acceptors (Lipinski definition) is 4. The summed E-state index contributed by atoms with van der Waals surface area (Å²) in [4.78, 5) is 12.1. The summed E-state index contributed by atoms with van der Waals surface area (Å²) in [5.41, 5.74) is 15.2. The fourth-order valence-electron chi connectivity index (χ4n) is 2.25. The minimum Gasteiger partial charge on any atom is -0.398 e. The lowest BCUT2D eigenvalue weighted by Gasteiger charge is -2.20. The summed E-state index contributed by atoms with van der Waals surface area (Å²) in [7, 11) is 1.50. The maximum Gasteiger partial charge on any atom is 0.148 e. The lowest BCUT2D eigenvalue weighted by Crippen LogP contribution is -2.10. The Morgan fingerprint density at radius 3 is 2.33 bits per heavy atom. The number of aldehydes is 1. The molecule has 1 aliphatic rings. The molecule has 0 atom stereocenters. The van der Waals surface area contributed by atoms with Gasteiger partial charge in [0.2, 0.25) is 0 Å². The number of hydrogen-bond donors (Lipinski definition) is 2. The molecule has 1 aliphatic heterocycles. The van der Waals surface area contributed by atoms with Crippen LogP contribution in [0.25, 0.3) is 16.8 Å². The molecule has 3 rings (SSSR count). The van der Waals surface area contributed by atoms with Gasteiger partial charge in [-0.15, -0.1) is 11.8 Å². The van der Waals surface area contributed by atoms with Gasteiger partial charge in [-0.1, -0.05) is 48.5 Å². The van der Waals surface area contributed by atoms with E-state index in [0.717, 1.165) is 16.7 Å². The molecule has 1 heterocycles. The zero-order valence-corrected chi connectivity index (χ0v) is 12.7. The number of carbonyl (C=O) groups excluding carboxylic acids is 1. The van der Waals surface area contributed by atoms with Gasteiger partial charge in [-0.05, 0) is 18.2 Å². The van der Waals surface area contributed by atoms with Crippen molar-refractivity contribution in [3.05, 3.63) is 59.7 Å². The second-order valence-corrected chi connectivity index (χ2v) is 5.38. The van der Waals surface area contributed by atoms with E-state index in [1.165, 1.54) is 18.2 Å². The third-order valence-corrected chi connectivity index (χ3v) is 4.43. The zero-order chi connectivity index (χ0) is 15.2. The minimum absolute atomic E-state index is 0.613. The Kier molecular flexibility index (Phi) is 5.20. The van der Waals surface area contributed by atoms with Gasteiger partial charge in [-0.3, -0.25) is 4.79 Å². The summed E-state index contributed by atoms with van der Waals surface area (Å²) in [6.45, 7) is 0. The Bertz CT molecular complexity index is 666. The molecule has 0 aliphatic carbocycles. The van der Waals surface area contributed by atoms with E-state index in [1.807, 2.05) is 30.3 Å². The molecule has 3 nitrogen and oxygen atoms in total. The highest BCUT2D eigenvalue weighted by Gasteiger charge is 2.19. The Hall–Kier alpha value is -2.04. The fraction of sp³-hybridized carbons (Fsp3) is 0.118. The molecule has 0 radical (unpaired) electrons. The van der Waals surface area contributed by atoms with Gasteiger partial charge in [-0.25, -0.2) is 0 Å². The normalized spacial score (nSPS) is 13.0. The van der Waals surface area contributed by atoms with Gasteiger partial charge in [0, 0.05) is 27.5 Å². The predicted octanol–water partition coefficient (Wildman–Crippen LogP) is 2.90. The molecule has 21 heavy (non-hydrogen) atoms. The zero-order valence-electron chi connectivity index (χ0n) is 11.9. The number of thioether (sulfide) groups is 1. The molecule has 0 aromatic heterocycles. The van der Waals surface area contributed by atoms with Crippen LogP contribution in [0.5, 0.6) is 0 Å². The van der Waals surface area contributed by atoms with Crippen molar-refractivity contribution in [2.75, 3.05) is 12.8 Å². The lowest BCUT2D eigenvalue weighted by molar-refractivity contribution is -0.104. The molecule has 0 bridgehead atoms. The van der Waals surface area contributed by atoms with E-state index in [0.29, 0.717) is 17.0 Å². The van der Waals surface area contributed by atoms with E-state index >= 15 is 0 Å². The van der Waals surface area contributed by atoms with Crippen LogP contribution in [0.4, 0.5) is 0 Å². The van der Waals surface area contributed by atoms with E-state index in [2.05, 4.69) is 23.9 Å². The topological polar surface area (TPSA) is 69.1 Å². The standard InChI is InChI=1S/C16H13NOS.CH5N/c17-15-12(9-18)10-19-16-13(7-4-8-14(15)16)11-5-2-1-3-6-11;1-2/h1-9H,10,17H2;2H2,1H3. The molecule has 0 spiro atoms. The summed E-state index contributed by atoms with van der Waals surface area (Å²) in [5.74, 6) is 0.645. The summed E-state index contributed by atoms with van der Waals surface area (Å²) < 4.78 is 0. The second kappa shape index (κ2) is 7.11. The maximum atomic E-state index is 11.0. The van der Waals surface area contributed by atoms with E-state index in [1.54, 1.807) is 11.8 Å². The fourth-order valence-corrected chi connectivity index (χ4v) is 3.45. The highest BCUT2D eigenvalue weighted by molar-refractivity contribution is 7.99. The number of benzene rings is 2. The average molecular weight is 298 g/mol. The van der Waals surface area contributed by atoms with Crippen LogP contribution in [0.2, 0.25) is 0 Å². The maximum absolute atomic E-state index is 11.0. The van der Waals surface area contributed by atoms with Gasteiger partial charge in [-0.2, -0.15) is 0 Å². The second-order valence-electron chi connectivity index (χ2n) is 4.39. The molecule has 2 aromatic carbocycles. The first-order valence-electron chi connectivity index (χ1n) is 6.64. The van der Waals surface area contributed by atoms with Gasteiger partial charge < -0.3 is 11.5 Å². The molecule has 108 valence electrons.